The monoisotopic (exact) mass is 831 g/mol. The van der Waals surface area contributed by atoms with E-state index in [-0.39, 0.29) is 5.41 Å². The number of fused-ring (bicyclic) bond motifs is 10. The van der Waals surface area contributed by atoms with Crippen molar-refractivity contribution in [1.82, 2.24) is 0 Å². The van der Waals surface area contributed by atoms with Crippen molar-refractivity contribution in [2.45, 2.75) is 33.1 Å². The highest BCUT2D eigenvalue weighted by Gasteiger charge is 2.37. The summed E-state index contributed by atoms with van der Waals surface area (Å²) in [6.07, 6.45) is 0. The van der Waals surface area contributed by atoms with Gasteiger partial charge in [-0.25, -0.2) is 0 Å². The van der Waals surface area contributed by atoms with E-state index in [1.54, 1.807) is 0 Å². The maximum atomic E-state index is 6.27. The molecule has 0 unspecified atom stereocenters. The van der Waals surface area contributed by atoms with Crippen LogP contribution in [0.1, 0.15) is 36.1 Å². The fraction of sp³-hybridized carbons (Fsp3) is 0.0794. The van der Waals surface area contributed by atoms with Gasteiger partial charge >= 0.3 is 0 Å². The minimum Gasteiger partial charge on any atom is -0.456 e. The lowest BCUT2D eigenvalue weighted by Crippen LogP contribution is -2.17. The zero-order valence-electron chi connectivity index (χ0n) is 36.9. The molecule has 0 N–H and O–H groups in total. The molecule has 12 aromatic rings. The summed E-state index contributed by atoms with van der Waals surface area (Å²) in [6, 6.07) is 74.2. The van der Waals surface area contributed by atoms with Gasteiger partial charge in [0, 0.05) is 32.6 Å². The molecule has 0 spiro atoms. The summed E-state index contributed by atoms with van der Waals surface area (Å²) >= 11 is 0. The molecule has 1 aliphatic carbocycles. The summed E-state index contributed by atoms with van der Waals surface area (Å²) in [5, 5.41) is 12.3. The van der Waals surface area contributed by atoms with Gasteiger partial charge in [0.05, 0.1) is 11.4 Å². The normalized spacial score (nSPS) is 13.0. The van der Waals surface area contributed by atoms with Gasteiger partial charge in [-0.3, -0.25) is 0 Å². The number of anilines is 3. The van der Waals surface area contributed by atoms with Gasteiger partial charge in [0.1, 0.15) is 11.2 Å². The van der Waals surface area contributed by atoms with Crippen LogP contribution in [0.2, 0.25) is 0 Å². The van der Waals surface area contributed by atoms with Gasteiger partial charge in [0.2, 0.25) is 0 Å². The molecule has 0 saturated carbocycles. The second-order valence-electron chi connectivity index (χ2n) is 18.5. The lowest BCUT2D eigenvalue weighted by atomic mass is 9.80. The van der Waals surface area contributed by atoms with Crippen LogP contribution in [-0.2, 0) is 5.41 Å². The summed E-state index contributed by atoms with van der Waals surface area (Å²) in [7, 11) is 0. The molecule has 0 atom stereocenters. The first kappa shape index (κ1) is 37.6. The van der Waals surface area contributed by atoms with Crippen LogP contribution in [0.3, 0.4) is 0 Å². The average Bonchev–Trinajstić information content (AvgIpc) is 3.82. The molecule has 1 aliphatic rings. The summed E-state index contributed by atoms with van der Waals surface area (Å²) in [5.41, 5.74) is 17.9. The van der Waals surface area contributed by atoms with Gasteiger partial charge in [-0.2, -0.15) is 0 Å². The Hall–Kier alpha value is -7.94. The molecular weight excluding hydrogens is 787 g/mol. The van der Waals surface area contributed by atoms with E-state index in [1.807, 2.05) is 6.07 Å². The maximum Gasteiger partial charge on any atom is 0.135 e. The topological polar surface area (TPSA) is 16.4 Å². The lowest BCUT2D eigenvalue weighted by Gasteiger charge is -2.30. The molecular formula is C63H45NO. The number of aryl methyl sites for hydroxylation is 2. The number of hydrogen-bond acceptors (Lipinski definition) is 2. The summed E-state index contributed by atoms with van der Waals surface area (Å²) in [6.45, 7) is 9.24. The van der Waals surface area contributed by atoms with Crippen molar-refractivity contribution in [2.24, 2.45) is 0 Å². The molecule has 11 aromatic carbocycles. The van der Waals surface area contributed by atoms with E-state index in [9.17, 15) is 0 Å². The third-order valence-corrected chi connectivity index (χ3v) is 14.5. The van der Waals surface area contributed by atoms with Crippen molar-refractivity contribution in [2.75, 3.05) is 4.90 Å². The number of para-hydroxylation sites is 1. The summed E-state index contributed by atoms with van der Waals surface area (Å²) in [5.74, 6) is 0. The molecule has 0 amide bonds. The number of benzene rings is 11. The third-order valence-electron chi connectivity index (χ3n) is 14.5. The van der Waals surface area contributed by atoms with Crippen molar-refractivity contribution in [3.05, 3.63) is 222 Å². The van der Waals surface area contributed by atoms with Gasteiger partial charge in [0.25, 0.3) is 0 Å². The molecule has 65 heavy (non-hydrogen) atoms. The van der Waals surface area contributed by atoms with E-state index in [4.69, 9.17) is 4.42 Å². The SMILES string of the molecule is Cc1ccc(N(c2ccc3c(c2)C(C)(C)c2cc(-c4c5ccccc5c(-c5ccc6oc7ccccc7c6c5)c5ccccc45)ccc2-3)c2ccc(C)c3ccccc23)c2ccccc12. The Balaban J connectivity index is 0.981. The molecule has 0 saturated heterocycles. The van der Waals surface area contributed by atoms with Crippen molar-refractivity contribution < 1.29 is 4.42 Å². The Morgan fingerprint density at radius 2 is 0.785 bits per heavy atom. The minimum atomic E-state index is -0.263. The largest absolute Gasteiger partial charge is 0.456 e. The molecule has 2 nitrogen and oxygen atoms in total. The first-order valence-corrected chi connectivity index (χ1v) is 22.8. The van der Waals surface area contributed by atoms with Crippen LogP contribution in [0.15, 0.2) is 205 Å². The lowest BCUT2D eigenvalue weighted by molar-refractivity contribution is 0.660. The van der Waals surface area contributed by atoms with E-state index in [2.05, 4.69) is 227 Å². The van der Waals surface area contributed by atoms with Crippen molar-refractivity contribution in [3.8, 4) is 33.4 Å². The second-order valence-corrected chi connectivity index (χ2v) is 18.5. The average molecular weight is 832 g/mol. The van der Waals surface area contributed by atoms with Crippen LogP contribution in [0, 0.1) is 13.8 Å². The molecule has 308 valence electrons. The highest BCUT2D eigenvalue weighted by Crippen LogP contribution is 2.54. The van der Waals surface area contributed by atoms with Gasteiger partial charge in [-0.1, -0.05) is 166 Å². The van der Waals surface area contributed by atoms with Crippen LogP contribution in [-0.4, -0.2) is 0 Å². The van der Waals surface area contributed by atoms with Crippen LogP contribution >= 0.6 is 0 Å². The first-order chi connectivity index (χ1) is 31.8. The van der Waals surface area contributed by atoms with Crippen molar-refractivity contribution in [1.29, 1.82) is 0 Å². The molecule has 1 aromatic heterocycles. The fourth-order valence-corrected chi connectivity index (χ4v) is 11.3. The Labute approximate surface area is 378 Å². The highest BCUT2D eigenvalue weighted by atomic mass is 16.3. The molecule has 13 rings (SSSR count). The Morgan fingerprint density at radius 3 is 1.35 bits per heavy atom. The quantitative estimate of drug-likeness (QED) is 0.161. The molecule has 0 bridgehead atoms. The minimum absolute atomic E-state index is 0.263. The van der Waals surface area contributed by atoms with Gasteiger partial charge in [-0.15, -0.1) is 0 Å². The van der Waals surface area contributed by atoms with Crippen LogP contribution in [0.5, 0.6) is 0 Å². The molecule has 0 radical (unpaired) electrons. The number of nitrogens with zero attached hydrogens (tertiary/aromatic N) is 1. The van der Waals surface area contributed by atoms with E-state index < -0.39 is 0 Å². The van der Waals surface area contributed by atoms with Gasteiger partial charge < -0.3 is 9.32 Å². The molecule has 2 heteroatoms. The van der Waals surface area contributed by atoms with Crippen LogP contribution in [0.4, 0.5) is 17.1 Å². The Morgan fingerprint density at radius 1 is 0.354 bits per heavy atom. The van der Waals surface area contributed by atoms with Gasteiger partial charge in [-0.05, 0) is 150 Å². The van der Waals surface area contributed by atoms with Crippen LogP contribution in [0.25, 0.3) is 98.4 Å². The number of furan rings is 1. The van der Waals surface area contributed by atoms with Crippen molar-refractivity contribution in [3.63, 3.8) is 0 Å². The third kappa shape index (κ3) is 5.53. The molecule has 0 fully saturated rings. The summed E-state index contributed by atoms with van der Waals surface area (Å²) < 4.78 is 6.27. The maximum absolute atomic E-state index is 6.27. The Kier molecular flexibility index (Phi) is 8.12. The van der Waals surface area contributed by atoms with E-state index >= 15 is 0 Å². The predicted molar refractivity (Wildman–Crippen MR) is 276 cm³/mol. The summed E-state index contributed by atoms with van der Waals surface area (Å²) in [4.78, 5) is 2.50. The zero-order chi connectivity index (χ0) is 43.6. The zero-order valence-corrected chi connectivity index (χ0v) is 36.9. The predicted octanol–water partition coefficient (Wildman–Crippen LogP) is 17.9. The van der Waals surface area contributed by atoms with Crippen LogP contribution < -0.4 is 4.90 Å². The standard InChI is InChI=1S/C63H45NO/c1-38-25-32-57(47-17-7-5-15-43(38)47)64(58-33-26-39(2)44-16-6-8-18-48(44)58)42-29-31-46-45-30-27-41(36-55(45)63(3,4)56(46)37-42)62-52-22-11-9-20-50(52)61(51-21-10-12-23-53(51)62)40-28-34-60-54(35-40)49-19-13-14-24-59(49)65-60/h5-37H,1-4H3. The second kappa shape index (κ2) is 14.0. The smallest absolute Gasteiger partial charge is 0.135 e. The number of rotatable bonds is 5. The molecule has 0 aliphatic heterocycles. The van der Waals surface area contributed by atoms with Gasteiger partial charge in [0.15, 0.2) is 0 Å². The Bertz CT molecular complexity index is 3820. The van der Waals surface area contributed by atoms with E-state index in [0.717, 1.165) is 27.6 Å². The number of hydrogen-bond donors (Lipinski definition) is 0. The first-order valence-electron chi connectivity index (χ1n) is 22.8. The molecule has 1 heterocycles. The van der Waals surface area contributed by atoms with E-state index in [0.29, 0.717) is 0 Å². The van der Waals surface area contributed by atoms with E-state index in [1.165, 1.54) is 110 Å². The highest BCUT2D eigenvalue weighted by molar-refractivity contribution is 6.22. The fourth-order valence-electron chi connectivity index (χ4n) is 11.3. The van der Waals surface area contributed by atoms with Crippen molar-refractivity contribution >= 4 is 82.1 Å².